The summed E-state index contributed by atoms with van der Waals surface area (Å²) in [7, 11) is 0. The van der Waals surface area contributed by atoms with Gasteiger partial charge in [0.05, 0.1) is 6.61 Å². The number of ether oxygens (including phenoxy) is 1. The third kappa shape index (κ3) is 4.60. The molecular weight excluding hydrogens is 192 g/mol. The van der Waals surface area contributed by atoms with Gasteiger partial charge in [-0.05, 0) is 13.5 Å². The Balaban J connectivity index is 2.36. The lowest BCUT2D eigenvalue weighted by Crippen LogP contribution is -2.21. The first-order chi connectivity index (χ1) is 7.36. The van der Waals surface area contributed by atoms with Crippen molar-refractivity contribution in [2.24, 2.45) is 0 Å². The standard InChI is InChI=1S/C10H18N4O/c1-3-11-5-6-12-9-7-10(15-4-2)14-8-13-9/h7-8,11H,3-6H2,1-2H3,(H,12,13,14). The van der Waals surface area contributed by atoms with Crippen LogP contribution in [0.15, 0.2) is 12.4 Å². The molecule has 5 nitrogen and oxygen atoms in total. The lowest BCUT2D eigenvalue weighted by molar-refractivity contribution is 0.326. The first-order valence-electron chi connectivity index (χ1n) is 5.26. The zero-order chi connectivity index (χ0) is 10.9. The quantitative estimate of drug-likeness (QED) is 0.655. The Kier molecular flexibility index (Phi) is 5.47. The molecule has 1 aromatic heterocycles. The fraction of sp³-hybridized carbons (Fsp3) is 0.600. The van der Waals surface area contributed by atoms with Crippen molar-refractivity contribution in [2.75, 3.05) is 31.6 Å². The van der Waals surface area contributed by atoms with Crippen LogP contribution >= 0.6 is 0 Å². The van der Waals surface area contributed by atoms with Crippen molar-refractivity contribution in [2.45, 2.75) is 13.8 Å². The SMILES string of the molecule is CCNCCNc1cc(OCC)ncn1. The van der Waals surface area contributed by atoms with Crippen LogP contribution < -0.4 is 15.4 Å². The second kappa shape index (κ2) is 7.00. The second-order valence-corrected chi connectivity index (χ2v) is 2.95. The maximum absolute atomic E-state index is 5.27. The third-order valence-corrected chi connectivity index (χ3v) is 1.79. The van der Waals surface area contributed by atoms with E-state index in [0.717, 1.165) is 25.5 Å². The van der Waals surface area contributed by atoms with E-state index in [4.69, 9.17) is 4.74 Å². The van der Waals surface area contributed by atoms with Gasteiger partial charge in [0.25, 0.3) is 0 Å². The molecule has 0 spiro atoms. The van der Waals surface area contributed by atoms with Gasteiger partial charge >= 0.3 is 0 Å². The van der Waals surface area contributed by atoms with Gasteiger partial charge < -0.3 is 15.4 Å². The topological polar surface area (TPSA) is 59.1 Å². The van der Waals surface area contributed by atoms with Crippen molar-refractivity contribution in [1.82, 2.24) is 15.3 Å². The molecule has 0 aliphatic heterocycles. The smallest absolute Gasteiger partial charge is 0.218 e. The van der Waals surface area contributed by atoms with Crippen molar-refractivity contribution in [3.05, 3.63) is 12.4 Å². The first kappa shape index (κ1) is 11.7. The van der Waals surface area contributed by atoms with E-state index in [0.29, 0.717) is 12.5 Å². The highest BCUT2D eigenvalue weighted by Crippen LogP contribution is 2.09. The molecule has 0 aromatic carbocycles. The van der Waals surface area contributed by atoms with Gasteiger partial charge in [-0.3, -0.25) is 0 Å². The van der Waals surface area contributed by atoms with E-state index in [1.54, 1.807) is 6.07 Å². The van der Waals surface area contributed by atoms with Crippen LogP contribution in [-0.4, -0.2) is 36.2 Å². The summed E-state index contributed by atoms with van der Waals surface area (Å²) in [6, 6.07) is 1.80. The van der Waals surface area contributed by atoms with E-state index < -0.39 is 0 Å². The fourth-order valence-electron chi connectivity index (χ4n) is 1.12. The second-order valence-electron chi connectivity index (χ2n) is 2.95. The summed E-state index contributed by atoms with van der Waals surface area (Å²) in [4.78, 5) is 8.07. The third-order valence-electron chi connectivity index (χ3n) is 1.79. The minimum absolute atomic E-state index is 0.610. The summed E-state index contributed by atoms with van der Waals surface area (Å²) in [5, 5.41) is 6.41. The number of nitrogens with one attached hydrogen (secondary N) is 2. The average Bonchev–Trinajstić information content (AvgIpc) is 2.26. The minimum atomic E-state index is 0.610. The summed E-state index contributed by atoms with van der Waals surface area (Å²) in [5.74, 6) is 1.41. The highest BCUT2D eigenvalue weighted by molar-refractivity contribution is 5.36. The summed E-state index contributed by atoms with van der Waals surface area (Å²) in [5.41, 5.74) is 0. The average molecular weight is 210 g/mol. The summed E-state index contributed by atoms with van der Waals surface area (Å²) < 4.78 is 5.27. The van der Waals surface area contributed by atoms with Crippen LogP contribution in [0.3, 0.4) is 0 Å². The van der Waals surface area contributed by atoms with E-state index in [1.165, 1.54) is 6.33 Å². The number of hydrogen-bond acceptors (Lipinski definition) is 5. The van der Waals surface area contributed by atoms with E-state index in [2.05, 4.69) is 27.5 Å². The molecule has 0 unspecified atom stereocenters. The van der Waals surface area contributed by atoms with Gasteiger partial charge in [-0.2, -0.15) is 0 Å². The number of likely N-dealkylation sites (N-methyl/N-ethyl adjacent to an activating group) is 1. The molecule has 0 bridgehead atoms. The zero-order valence-electron chi connectivity index (χ0n) is 9.29. The molecule has 0 atom stereocenters. The predicted octanol–water partition coefficient (Wildman–Crippen LogP) is 0.897. The van der Waals surface area contributed by atoms with Crippen LogP contribution in [0.2, 0.25) is 0 Å². The van der Waals surface area contributed by atoms with Crippen molar-refractivity contribution in [3.63, 3.8) is 0 Å². The van der Waals surface area contributed by atoms with E-state index in [9.17, 15) is 0 Å². The molecule has 0 aliphatic carbocycles. The Morgan fingerprint density at radius 2 is 2.13 bits per heavy atom. The Morgan fingerprint density at radius 1 is 1.27 bits per heavy atom. The van der Waals surface area contributed by atoms with Crippen LogP contribution in [-0.2, 0) is 0 Å². The molecule has 1 rings (SSSR count). The maximum Gasteiger partial charge on any atom is 0.218 e. The number of hydrogen-bond donors (Lipinski definition) is 2. The molecule has 5 heteroatoms. The van der Waals surface area contributed by atoms with Crippen LogP contribution in [0.4, 0.5) is 5.82 Å². The molecule has 2 N–H and O–H groups in total. The van der Waals surface area contributed by atoms with E-state index >= 15 is 0 Å². The Labute approximate surface area is 90.3 Å². The van der Waals surface area contributed by atoms with Crippen molar-refractivity contribution >= 4 is 5.82 Å². The predicted molar refractivity (Wildman–Crippen MR) is 60.2 cm³/mol. The molecule has 0 radical (unpaired) electrons. The monoisotopic (exact) mass is 210 g/mol. The van der Waals surface area contributed by atoms with Crippen LogP contribution in [0.5, 0.6) is 5.88 Å². The number of nitrogens with zero attached hydrogens (tertiary/aromatic N) is 2. The lowest BCUT2D eigenvalue weighted by Gasteiger charge is -2.07. The van der Waals surface area contributed by atoms with E-state index in [-0.39, 0.29) is 0 Å². The Hall–Kier alpha value is -1.36. The number of aromatic nitrogens is 2. The molecule has 1 aromatic rings. The number of anilines is 1. The highest BCUT2D eigenvalue weighted by atomic mass is 16.5. The van der Waals surface area contributed by atoms with Gasteiger partial charge in [0.1, 0.15) is 12.1 Å². The largest absolute Gasteiger partial charge is 0.478 e. The summed E-state index contributed by atoms with van der Waals surface area (Å²) >= 11 is 0. The van der Waals surface area contributed by atoms with E-state index in [1.807, 2.05) is 6.92 Å². The van der Waals surface area contributed by atoms with Gasteiger partial charge in [0, 0.05) is 19.2 Å². The summed E-state index contributed by atoms with van der Waals surface area (Å²) in [6.45, 7) is 7.38. The lowest BCUT2D eigenvalue weighted by atomic mass is 10.5. The van der Waals surface area contributed by atoms with Crippen LogP contribution in [0.1, 0.15) is 13.8 Å². The van der Waals surface area contributed by atoms with Crippen molar-refractivity contribution in [1.29, 1.82) is 0 Å². The zero-order valence-corrected chi connectivity index (χ0v) is 9.29. The maximum atomic E-state index is 5.27. The molecule has 0 saturated heterocycles. The molecule has 15 heavy (non-hydrogen) atoms. The Bertz CT molecular complexity index is 280. The highest BCUT2D eigenvalue weighted by Gasteiger charge is 1.97. The minimum Gasteiger partial charge on any atom is -0.478 e. The first-order valence-corrected chi connectivity index (χ1v) is 5.26. The van der Waals surface area contributed by atoms with Gasteiger partial charge in [0.15, 0.2) is 0 Å². The van der Waals surface area contributed by atoms with Gasteiger partial charge in [-0.25, -0.2) is 9.97 Å². The van der Waals surface area contributed by atoms with Crippen LogP contribution in [0.25, 0.3) is 0 Å². The van der Waals surface area contributed by atoms with Gasteiger partial charge in [0.2, 0.25) is 5.88 Å². The van der Waals surface area contributed by atoms with Crippen LogP contribution in [0, 0.1) is 0 Å². The molecule has 0 amide bonds. The fourth-order valence-corrected chi connectivity index (χ4v) is 1.12. The molecular formula is C10H18N4O. The van der Waals surface area contributed by atoms with Gasteiger partial charge in [-0.15, -0.1) is 0 Å². The van der Waals surface area contributed by atoms with Crippen molar-refractivity contribution in [3.8, 4) is 5.88 Å². The summed E-state index contributed by atoms with van der Waals surface area (Å²) in [6.07, 6.45) is 1.50. The van der Waals surface area contributed by atoms with Crippen molar-refractivity contribution < 1.29 is 4.74 Å². The number of rotatable bonds is 7. The molecule has 1 heterocycles. The van der Waals surface area contributed by atoms with Gasteiger partial charge in [-0.1, -0.05) is 6.92 Å². The molecule has 84 valence electrons. The normalized spacial score (nSPS) is 10.0. The molecule has 0 saturated carbocycles. The Morgan fingerprint density at radius 3 is 2.87 bits per heavy atom. The molecule has 0 aliphatic rings. The molecule has 0 fully saturated rings.